The van der Waals surface area contributed by atoms with Crippen LogP contribution in [0.3, 0.4) is 0 Å². The molecule has 8 nitrogen and oxygen atoms in total. The van der Waals surface area contributed by atoms with E-state index in [1.54, 1.807) is 4.90 Å². The predicted molar refractivity (Wildman–Crippen MR) is 102 cm³/mol. The summed E-state index contributed by atoms with van der Waals surface area (Å²) in [4.78, 5) is 13.9. The second-order valence-electron chi connectivity index (χ2n) is 7.02. The topological polar surface area (TPSA) is 88.2 Å². The number of anilines is 1. The highest BCUT2D eigenvalue weighted by Crippen LogP contribution is 2.31. The largest absolute Gasteiger partial charge is 0.482 e. The monoisotopic (exact) mass is 451 g/mol. The molecule has 0 aromatic heterocycles. The van der Waals surface area contributed by atoms with Crippen molar-refractivity contribution in [3.8, 4) is 5.75 Å². The molecule has 0 bridgehead atoms. The van der Waals surface area contributed by atoms with E-state index in [9.17, 15) is 26.4 Å². The Morgan fingerprint density at radius 3 is 2.43 bits per heavy atom. The first kappa shape index (κ1) is 22.6. The molecule has 2 heterocycles. The van der Waals surface area contributed by atoms with Gasteiger partial charge < -0.3 is 19.7 Å². The van der Waals surface area contributed by atoms with E-state index in [1.807, 2.05) is 0 Å². The average molecular weight is 451 g/mol. The number of alkyl halides is 3. The third kappa shape index (κ3) is 5.76. The van der Waals surface area contributed by atoms with Gasteiger partial charge in [-0.15, -0.1) is 0 Å². The molecule has 0 saturated carbocycles. The molecule has 1 amide bonds. The number of nitrogens with one attached hydrogen (secondary N) is 1. The van der Waals surface area contributed by atoms with Gasteiger partial charge in [0.25, 0.3) is 0 Å². The maximum atomic E-state index is 12.8. The lowest BCUT2D eigenvalue weighted by molar-refractivity contribution is -0.153. The van der Waals surface area contributed by atoms with E-state index in [2.05, 4.69) is 5.32 Å². The molecule has 0 radical (unpaired) electrons. The van der Waals surface area contributed by atoms with Gasteiger partial charge >= 0.3 is 6.18 Å². The molecule has 168 valence electrons. The summed E-state index contributed by atoms with van der Waals surface area (Å²) in [5.41, 5.74) is 0.0149. The molecule has 30 heavy (non-hydrogen) atoms. The van der Waals surface area contributed by atoms with Crippen LogP contribution in [0.1, 0.15) is 12.8 Å². The Morgan fingerprint density at radius 1 is 1.13 bits per heavy atom. The summed E-state index contributed by atoms with van der Waals surface area (Å²) in [5, 5.41) is 2.74. The van der Waals surface area contributed by atoms with E-state index in [1.165, 1.54) is 22.5 Å². The highest BCUT2D eigenvalue weighted by atomic mass is 32.2. The molecular weight excluding hydrogens is 427 g/mol. The minimum atomic E-state index is -4.55. The second kappa shape index (κ2) is 9.40. The van der Waals surface area contributed by atoms with Gasteiger partial charge in [0.05, 0.1) is 30.3 Å². The predicted octanol–water partition coefficient (Wildman–Crippen LogP) is 1.68. The van der Waals surface area contributed by atoms with Crippen molar-refractivity contribution in [3.05, 3.63) is 18.2 Å². The molecule has 2 saturated heterocycles. The first-order chi connectivity index (χ1) is 14.2. The standard InChI is InChI=1S/C18H24F3N3O5S/c19-18(20,21)13-29-16-4-3-14(30(26,27)24-5-1-2-6-24)11-15(16)22-12-17(25)23-7-9-28-10-8-23/h3-4,11,22H,1-2,5-10,12-13H2. The summed E-state index contributed by atoms with van der Waals surface area (Å²) in [6.45, 7) is 0.708. The van der Waals surface area contributed by atoms with Crippen LogP contribution in [0.5, 0.6) is 5.75 Å². The fraction of sp³-hybridized carbons (Fsp3) is 0.611. The van der Waals surface area contributed by atoms with E-state index >= 15 is 0 Å². The first-order valence-electron chi connectivity index (χ1n) is 9.60. The molecule has 2 fully saturated rings. The van der Waals surface area contributed by atoms with E-state index in [-0.39, 0.29) is 28.8 Å². The minimum Gasteiger partial charge on any atom is -0.482 e. The quantitative estimate of drug-likeness (QED) is 0.679. The molecule has 0 atom stereocenters. The zero-order valence-electron chi connectivity index (χ0n) is 16.3. The summed E-state index contributed by atoms with van der Waals surface area (Å²) in [6, 6.07) is 3.61. The minimum absolute atomic E-state index is 0.0149. The Kier molecular flexibility index (Phi) is 7.09. The highest BCUT2D eigenvalue weighted by molar-refractivity contribution is 7.89. The Labute approximate surface area is 173 Å². The van der Waals surface area contributed by atoms with Crippen LogP contribution in [0.4, 0.5) is 18.9 Å². The number of rotatable bonds is 7. The van der Waals surface area contributed by atoms with Crippen LogP contribution >= 0.6 is 0 Å². The second-order valence-corrected chi connectivity index (χ2v) is 8.96. The van der Waals surface area contributed by atoms with Crippen LogP contribution in [0, 0.1) is 0 Å². The molecule has 12 heteroatoms. The molecule has 0 aliphatic carbocycles. The smallest absolute Gasteiger partial charge is 0.422 e. The van der Waals surface area contributed by atoms with Crippen LogP contribution < -0.4 is 10.1 Å². The van der Waals surface area contributed by atoms with E-state index < -0.39 is 22.8 Å². The van der Waals surface area contributed by atoms with Crippen molar-refractivity contribution in [3.63, 3.8) is 0 Å². The molecule has 1 N–H and O–H groups in total. The summed E-state index contributed by atoms with van der Waals surface area (Å²) < 4.78 is 74.7. The number of hydrogen-bond donors (Lipinski definition) is 1. The molecule has 2 aliphatic rings. The van der Waals surface area contributed by atoms with E-state index in [0.717, 1.165) is 12.8 Å². The fourth-order valence-electron chi connectivity index (χ4n) is 3.27. The SMILES string of the molecule is O=C(CNc1cc(S(=O)(=O)N2CCCC2)ccc1OCC(F)(F)F)N1CCOCC1. The maximum absolute atomic E-state index is 12.8. The van der Waals surface area contributed by atoms with Gasteiger partial charge in [0.2, 0.25) is 15.9 Å². The normalized spacial score (nSPS) is 18.4. The number of ether oxygens (including phenoxy) is 2. The number of nitrogens with zero attached hydrogens (tertiary/aromatic N) is 2. The Hall–Kier alpha value is -2.05. The van der Waals surface area contributed by atoms with Gasteiger partial charge in [0.1, 0.15) is 5.75 Å². The summed E-state index contributed by atoms with van der Waals surface area (Å²) >= 11 is 0. The number of morpholine rings is 1. The van der Waals surface area contributed by atoms with Crippen LogP contribution in [-0.2, 0) is 19.6 Å². The number of halogens is 3. The zero-order chi connectivity index (χ0) is 21.8. The lowest BCUT2D eigenvalue weighted by atomic mass is 10.3. The number of sulfonamides is 1. The zero-order valence-corrected chi connectivity index (χ0v) is 17.1. The van der Waals surface area contributed by atoms with Crippen molar-refractivity contribution < 1.29 is 35.9 Å². The molecule has 1 aromatic rings. The third-order valence-corrected chi connectivity index (χ3v) is 6.73. The number of hydrogen-bond acceptors (Lipinski definition) is 6. The lowest BCUT2D eigenvalue weighted by Gasteiger charge is -2.27. The third-order valence-electron chi connectivity index (χ3n) is 4.84. The highest BCUT2D eigenvalue weighted by Gasteiger charge is 2.31. The van der Waals surface area contributed by atoms with Crippen LogP contribution in [0.15, 0.2) is 23.1 Å². The van der Waals surface area contributed by atoms with E-state index in [4.69, 9.17) is 9.47 Å². The van der Waals surface area contributed by atoms with Crippen molar-refractivity contribution in [2.24, 2.45) is 0 Å². The maximum Gasteiger partial charge on any atom is 0.422 e. The Bertz CT molecular complexity index is 851. The summed E-state index contributed by atoms with van der Waals surface area (Å²) in [5.74, 6) is -0.449. The van der Waals surface area contributed by atoms with Gasteiger partial charge in [-0.25, -0.2) is 8.42 Å². The molecule has 3 rings (SSSR count). The van der Waals surface area contributed by atoms with Gasteiger partial charge in [-0.1, -0.05) is 0 Å². The Morgan fingerprint density at radius 2 is 1.80 bits per heavy atom. The molecule has 0 unspecified atom stereocenters. The summed E-state index contributed by atoms with van der Waals surface area (Å²) in [6.07, 6.45) is -3.04. The van der Waals surface area contributed by atoms with Gasteiger partial charge in [-0.2, -0.15) is 17.5 Å². The molecule has 1 aromatic carbocycles. The molecular formula is C18H24F3N3O5S. The lowest BCUT2D eigenvalue weighted by Crippen LogP contribution is -2.43. The van der Waals surface area contributed by atoms with Gasteiger partial charge in [-0.05, 0) is 31.0 Å². The number of amides is 1. The number of carbonyl (C=O) groups is 1. The van der Waals surface area contributed by atoms with Crippen molar-refractivity contribution in [1.82, 2.24) is 9.21 Å². The fourth-order valence-corrected chi connectivity index (χ4v) is 4.81. The number of benzene rings is 1. The molecule has 2 aliphatic heterocycles. The van der Waals surface area contributed by atoms with Crippen molar-refractivity contribution in [2.75, 3.05) is 57.9 Å². The van der Waals surface area contributed by atoms with Crippen molar-refractivity contribution in [1.29, 1.82) is 0 Å². The van der Waals surface area contributed by atoms with Crippen molar-refractivity contribution in [2.45, 2.75) is 23.9 Å². The Balaban J connectivity index is 1.79. The number of carbonyl (C=O) groups excluding carboxylic acids is 1. The van der Waals surface area contributed by atoms with Crippen LogP contribution in [0.2, 0.25) is 0 Å². The van der Waals surface area contributed by atoms with Gasteiger partial charge in [-0.3, -0.25) is 4.79 Å². The van der Waals surface area contributed by atoms with Crippen LogP contribution in [-0.4, -0.2) is 82.3 Å². The molecule has 0 spiro atoms. The van der Waals surface area contributed by atoms with Gasteiger partial charge in [0, 0.05) is 26.2 Å². The van der Waals surface area contributed by atoms with Crippen molar-refractivity contribution >= 4 is 21.6 Å². The van der Waals surface area contributed by atoms with Gasteiger partial charge in [0.15, 0.2) is 6.61 Å². The van der Waals surface area contributed by atoms with E-state index in [0.29, 0.717) is 39.4 Å². The summed E-state index contributed by atoms with van der Waals surface area (Å²) in [7, 11) is -3.78. The average Bonchev–Trinajstić information content (AvgIpc) is 3.26. The van der Waals surface area contributed by atoms with Crippen LogP contribution in [0.25, 0.3) is 0 Å². The first-order valence-corrected chi connectivity index (χ1v) is 11.0.